The second-order valence-corrected chi connectivity index (χ2v) is 8.14. The molecule has 2 aromatic rings. The SMILES string of the molecule is CCOc1c(Cl)cc(/C=C/C(=O)N2CCN(C(=O)N(C)Cc3ccccc3)CC2)cc1OC. The number of carbonyl (C=O) groups excluding carboxylic acids is 2. The molecule has 1 heterocycles. The molecule has 0 N–H and O–H groups in total. The minimum atomic E-state index is -0.108. The number of amides is 3. The molecule has 8 heteroatoms. The monoisotopic (exact) mass is 471 g/mol. The number of hydrogen-bond donors (Lipinski definition) is 0. The summed E-state index contributed by atoms with van der Waals surface area (Å²) in [6.45, 7) is 4.87. The first kappa shape index (κ1) is 24.5. The Morgan fingerprint density at radius 1 is 1.09 bits per heavy atom. The average Bonchev–Trinajstić information content (AvgIpc) is 2.84. The molecule has 3 amide bonds. The molecule has 0 aliphatic carbocycles. The van der Waals surface area contributed by atoms with Crippen LogP contribution >= 0.6 is 11.6 Å². The van der Waals surface area contributed by atoms with Gasteiger partial charge in [-0.3, -0.25) is 4.79 Å². The maximum absolute atomic E-state index is 12.8. The highest BCUT2D eigenvalue weighted by molar-refractivity contribution is 6.32. The van der Waals surface area contributed by atoms with E-state index in [1.807, 2.05) is 37.3 Å². The molecule has 1 aliphatic rings. The summed E-state index contributed by atoms with van der Waals surface area (Å²) in [6.07, 6.45) is 3.22. The molecule has 0 saturated carbocycles. The number of methoxy groups -OCH3 is 1. The van der Waals surface area contributed by atoms with Gasteiger partial charge in [-0.2, -0.15) is 0 Å². The molecule has 0 bridgehead atoms. The van der Waals surface area contributed by atoms with E-state index in [2.05, 4.69) is 0 Å². The van der Waals surface area contributed by atoms with Gasteiger partial charge in [0.1, 0.15) is 0 Å². The topological polar surface area (TPSA) is 62.3 Å². The first-order valence-electron chi connectivity index (χ1n) is 10.9. The molecule has 1 aliphatic heterocycles. The first-order valence-corrected chi connectivity index (χ1v) is 11.3. The number of rotatable bonds is 7. The maximum Gasteiger partial charge on any atom is 0.320 e. The van der Waals surface area contributed by atoms with Gasteiger partial charge in [-0.15, -0.1) is 0 Å². The first-order chi connectivity index (χ1) is 15.9. The van der Waals surface area contributed by atoms with Gasteiger partial charge in [-0.25, -0.2) is 4.79 Å². The number of halogens is 1. The highest BCUT2D eigenvalue weighted by Crippen LogP contribution is 2.36. The lowest BCUT2D eigenvalue weighted by atomic mass is 10.1. The van der Waals surface area contributed by atoms with Gasteiger partial charge in [0, 0.05) is 45.8 Å². The van der Waals surface area contributed by atoms with Gasteiger partial charge in [0.2, 0.25) is 5.91 Å². The van der Waals surface area contributed by atoms with Crippen molar-refractivity contribution in [1.29, 1.82) is 0 Å². The number of carbonyl (C=O) groups is 2. The molecule has 33 heavy (non-hydrogen) atoms. The fraction of sp³-hybridized carbons (Fsp3) is 0.360. The molecule has 2 aromatic carbocycles. The maximum atomic E-state index is 12.8. The fourth-order valence-corrected chi connectivity index (χ4v) is 3.95. The van der Waals surface area contributed by atoms with E-state index in [1.54, 1.807) is 47.1 Å². The van der Waals surface area contributed by atoms with E-state index in [-0.39, 0.29) is 11.9 Å². The van der Waals surface area contributed by atoms with Gasteiger partial charge in [-0.1, -0.05) is 41.9 Å². The number of hydrogen-bond acceptors (Lipinski definition) is 4. The molecule has 1 fully saturated rings. The molecular formula is C25H30ClN3O4. The van der Waals surface area contributed by atoms with Crippen molar-refractivity contribution < 1.29 is 19.1 Å². The van der Waals surface area contributed by atoms with E-state index in [0.29, 0.717) is 55.9 Å². The van der Waals surface area contributed by atoms with Gasteiger partial charge in [0.25, 0.3) is 0 Å². The summed E-state index contributed by atoms with van der Waals surface area (Å²) < 4.78 is 10.9. The Morgan fingerprint density at radius 3 is 2.39 bits per heavy atom. The minimum Gasteiger partial charge on any atom is -0.493 e. The van der Waals surface area contributed by atoms with Crippen LogP contribution in [0.2, 0.25) is 5.02 Å². The third-order valence-electron chi connectivity index (χ3n) is 5.41. The van der Waals surface area contributed by atoms with E-state index in [1.165, 1.54) is 6.08 Å². The van der Waals surface area contributed by atoms with Crippen LogP contribution in [-0.4, -0.2) is 73.6 Å². The van der Waals surface area contributed by atoms with Crippen molar-refractivity contribution in [1.82, 2.24) is 14.7 Å². The van der Waals surface area contributed by atoms with Crippen LogP contribution in [0.4, 0.5) is 4.79 Å². The van der Waals surface area contributed by atoms with Crippen molar-refractivity contribution in [2.45, 2.75) is 13.5 Å². The zero-order chi connectivity index (χ0) is 23.8. The predicted molar refractivity (Wildman–Crippen MR) is 130 cm³/mol. The van der Waals surface area contributed by atoms with Crippen molar-refractivity contribution in [3.63, 3.8) is 0 Å². The summed E-state index contributed by atoms with van der Waals surface area (Å²) >= 11 is 6.30. The van der Waals surface area contributed by atoms with Crippen LogP contribution in [0.1, 0.15) is 18.1 Å². The largest absolute Gasteiger partial charge is 0.493 e. The van der Waals surface area contributed by atoms with Crippen LogP contribution in [0, 0.1) is 0 Å². The van der Waals surface area contributed by atoms with Crippen LogP contribution in [0.15, 0.2) is 48.5 Å². The molecular weight excluding hydrogens is 442 g/mol. The molecule has 176 valence electrons. The van der Waals surface area contributed by atoms with Crippen LogP contribution in [0.25, 0.3) is 6.08 Å². The highest BCUT2D eigenvalue weighted by Gasteiger charge is 2.25. The Labute approximate surface area is 200 Å². The molecule has 7 nitrogen and oxygen atoms in total. The van der Waals surface area contributed by atoms with Crippen LogP contribution in [0.3, 0.4) is 0 Å². The summed E-state index contributed by atoms with van der Waals surface area (Å²) in [5.74, 6) is 0.898. The van der Waals surface area contributed by atoms with E-state index >= 15 is 0 Å². The zero-order valence-electron chi connectivity index (χ0n) is 19.3. The lowest BCUT2D eigenvalue weighted by molar-refractivity contribution is -0.127. The van der Waals surface area contributed by atoms with Crippen molar-refractivity contribution in [2.24, 2.45) is 0 Å². The standard InChI is InChI=1S/C25H30ClN3O4/c1-4-33-24-21(26)16-20(17-22(24)32-3)10-11-23(30)28-12-14-29(15-13-28)25(31)27(2)18-19-8-6-5-7-9-19/h5-11,16-17H,4,12-15,18H2,1-3H3/b11-10+. The average molecular weight is 472 g/mol. The normalized spacial score (nSPS) is 13.8. The van der Waals surface area contributed by atoms with Crippen molar-refractivity contribution >= 4 is 29.6 Å². The molecule has 0 aromatic heterocycles. The van der Waals surface area contributed by atoms with Gasteiger partial charge in [0.15, 0.2) is 11.5 Å². The van der Waals surface area contributed by atoms with Gasteiger partial charge in [-0.05, 0) is 36.3 Å². The second kappa shape index (κ2) is 11.6. The van der Waals surface area contributed by atoms with Crippen molar-refractivity contribution in [2.75, 3.05) is 46.9 Å². The fourth-order valence-electron chi connectivity index (χ4n) is 3.68. The molecule has 1 saturated heterocycles. The number of ether oxygens (including phenoxy) is 2. The third kappa shape index (κ3) is 6.42. The van der Waals surface area contributed by atoms with Gasteiger partial charge >= 0.3 is 6.03 Å². The molecule has 0 radical (unpaired) electrons. The van der Waals surface area contributed by atoms with Crippen LogP contribution in [0.5, 0.6) is 11.5 Å². The predicted octanol–water partition coefficient (Wildman–Crippen LogP) is 4.16. The number of piperazine rings is 1. The smallest absolute Gasteiger partial charge is 0.320 e. The van der Waals surface area contributed by atoms with E-state index in [0.717, 1.165) is 11.1 Å². The van der Waals surface area contributed by atoms with Gasteiger partial charge in [0.05, 0.1) is 18.7 Å². The van der Waals surface area contributed by atoms with E-state index in [4.69, 9.17) is 21.1 Å². The van der Waals surface area contributed by atoms with Crippen molar-refractivity contribution in [3.8, 4) is 11.5 Å². The van der Waals surface area contributed by atoms with Gasteiger partial charge < -0.3 is 24.2 Å². The van der Waals surface area contributed by atoms with E-state index in [9.17, 15) is 9.59 Å². The van der Waals surface area contributed by atoms with E-state index < -0.39 is 0 Å². The third-order valence-corrected chi connectivity index (χ3v) is 5.69. The highest BCUT2D eigenvalue weighted by atomic mass is 35.5. The van der Waals surface area contributed by atoms with Crippen LogP contribution in [-0.2, 0) is 11.3 Å². The second-order valence-electron chi connectivity index (χ2n) is 7.74. The minimum absolute atomic E-state index is 0.0300. The number of benzene rings is 2. The Hall–Kier alpha value is -3.19. The summed E-state index contributed by atoms with van der Waals surface area (Å²) in [4.78, 5) is 30.7. The quantitative estimate of drug-likeness (QED) is 0.569. The zero-order valence-corrected chi connectivity index (χ0v) is 20.0. The molecule has 0 spiro atoms. The molecule has 0 atom stereocenters. The summed E-state index contributed by atoms with van der Waals surface area (Å²) in [5, 5.41) is 0.426. The van der Waals surface area contributed by atoms with Crippen molar-refractivity contribution in [3.05, 3.63) is 64.7 Å². The van der Waals surface area contributed by atoms with Crippen LogP contribution < -0.4 is 9.47 Å². The summed E-state index contributed by atoms with van der Waals surface area (Å²) in [6, 6.07) is 13.4. The number of urea groups is 1. The molecule has 0 unspecified atom stereocenters. The Bertz CT molecular complexity index is 989. The lowest BCUT2D eigenvalue weighted by Gasteiger charge is -2.36. The Balaban J connectivity index is 1.54. The number of nitrogens with zero attached hydrogens (tertiary/aromatic N) is 3. The lowest BCUT2D eigenvalue weighted by Crippen LogP contribution is -2.53. The Morgan fingerprint density at radius 2 is 1.76 bits per heavy atom. The molecule has 3 rings (SSSR count). The summed E-state index contributed by atoms with van der Waals surface area (Å²) in [7, 11) is 3.34. The Kier molecular flexibility index (Phi) is 8.60. The summed E-state index contributed by atoms with van der Waals surface area (Å²) in [5.41, 5.74) is 1.82.